The summed E-state index contributed by atoms with van der Waals surface area (Å²) in [6.07, 6.45) is -2.99. The molecular formula is C12H12N2O9S. The summed E-state index contributed by atoms with van der Waals surface area (Å²) in [5.74, 6) is -1.41. The van der Waals surface area contributed by atoms with E-state index < -0.39 is 45.8 Å². The molecule has 11 nitrogen and oxygen atoms in total. The SMILES string of the molecule is O=C(O)[C@@H]1C[C@H](OS(=O)(=O)c2ccc([N+](=O)[O-])cc2)CN1C(=O)O. The van der Waals surface area contributed by atoms with Crippen molar-refractivity contribution in [2.24, 2.45) is 0 Å². The highest BCUT2D eigenvalue weighted by Gasteiger charge is 2.42. The number of nitrogens with zero attached hydrogens (tertiary/aromatic N) is 2. The molecule has 2 atom stereocenters. The van der Waals surface area contributed by atoms with Crippen LogP contribution in [0.2, 0.25) is 0 Å². The van der Waals surface area contributed by atoms with Crippen LogP contribution in [-0.2, 0) is 19.1 Å². The van der Waals surface area contributed by atoms with Crippen LogP contribution >= 0.6 is 0 Å². The van der Waals surface area contributed by atoms with Gasteiger partial charge in [-0.2, -0.15) is 8.42 Å². The maximum absolute atomic E-state index is 12.1. The number of nitro groups is 1. The number of carbonyl (C=O) groups is 2. The number of carboxylic acids is 1. The van der Waals surface area contributed by atoms with Gasteiger partial charge in [-0.05, 0) is 12.1 Å². The molecule has 2 rings (SSSR count). The number of aliphatic carboxylic acids is 1. The van der Waals surface area contributed by atoms with Gasteiger partial charge in [0.1, 0.15) is 6.04 Å². The Morgan fingerprint density at radius 1 is 1.25 bits per heavy atom. The lowest BCUT2D eigenvalue weighted by Gasteiger charge is -2.16. The molecule has 24 heavy (non-hydrogen) atoms. The van der Waals surface area contributed by atoms with Crippen LogP contribution in [0.5, 0.6) is 0 Å². The molecule has 1 fully saturated rings. The quantitative estimate of drug-likeness (QED) is 0.432. The molecule has 0 spiro atoms. The predicted octanol–water partition coefficient (Wildman–Crippen LogP) is 0.506. The minimum atomic E-state index is -4.32. The second kappa shape index (κ2) is 6.41. The van der Waals surface area contributed by atoms with E-state index in [1.165, 1.54) is 0 Å². The zero-order valence-corrected chi connectivity index (χ0v) is 12.7. The number of non-ortho nitro benzene ring substituents is 1. The first kappa shape index (κ1) is 17.6. The molecule has 12 heteroatoms. The Balaban J connectivity index is 2.16. The largest absolute Gasteiger partial charge is 0.480 e. The van der Waals surface area contributed by atoms with Crippen molar-refractivity contribution in [3.8, 4) is 0 Å². The summed E-state index contributed by atoms with van der Waals surface area (Å²) in [6, 6.07) is 2.51. The fraction of sp³-hybridized carbons (Fsp3) is 0.333. The minimum Gasteiger partial charge on any atom is -0.480 e. The number of carboxylic acid groups (broad SMARTS) is 2. The van der Waals surface area contributed by atoms with Gasteiger partial charge in [-0.25, -0.2) is 9.59 Å². The van der Waals surface area contributed by atoms with Gasteiger partial charge in [-0.3, -0.25) is 19.2 Å². The van der Waals surface area contributed by atoms with E-state index in [1.54, 1.807) is 0 Å². The highest BCUT2D eigenvalue weighted by Crippen LogP contribution is 2.25. The zero-order chi connectivity index (χ0) is 18.1. The fourth-order valence-corrected chi connectivity index (χ4v) is 3.36. The van der Waals surface area contributed by atoms with Crippen LogP contribution in [0.3, 0.4) is 0 Å². The number of likely N-dealkylation sites (tertiary alicyclic amines) is 1. The molecule has 1 heterocycles. The second-order valence-corrected chi connectivity index (χ2v) is 6.52. The Kier molecular flexibility index (Phi) is 4.71. The topological polar surface area (TPSA) is 164 Å². The molecule has 2 N–H and O–H groups in total. The van der Waals surface area contributed by atoms with E-state index in [0.29, 0.717) is 4.90 Å². The van der Waals surface area contributed by atoms with E-state index in [9.17, 15) is 28.1 Å². The molecule has 1 aliphatic heterocycles. The van der Waals surface area contributed by atoms with Crippen molar-refractivity contribution in [3.05, 3.63) is 34.4 Å². The van der Waals surface area contributed by atoms with Crippen LogP contribution in [0.1, 0.15) is 6.42 Å². The number of hydrogen-bond acceptors (Lipinski definition) is 7. The van der Waals surface area contributed by atoms with Crippen LogP contribution in [0.15, 0.2) is 29.2 Å². The van der Waals surface area contributed by atoms with Crippen molar-refractivity contribution >= 4 is 27.9 Å². The molecule has 1 saturated heterocycles. The van der Waals surface area contributed by atoms with E-state index in [2.05, 4.69) is 0 Å². The predicted molar refractivity (Wildman–Crippen MR) is 75.9 cm³/mol. The Bertz CT molecular complexity index is 752. The number of rotatable bonds is 5. The van der Waals surface area contributed by atoms with Gasteiger partial charge in [0.2, 0.25) is 0 Å². The Labute approximate surface area is 135 Å². The van der Waals surface area contributed by atoms with Crippen molar-refractivity contribution < 1.29 is 37.3 Å². The third kappa shape index (κ3) is 3.60. The van der Waals surface area contributed by atoms with Crippen molar-refractivity contribution in [2.45, 2.75) is 23.5 Å². The molecule has 1 amide bonds. The van der Waals surface area contributed by atoms with E-state index in [4.69, 9.17) is 14.4 Å². The van der Waals surface area contributed by atoms with E-state index in [0.717, 1.165) is 24.3 Å². The fourth-order valence-electron chi connectivity index (χ4n) is 2.28. The maximum atomic E-state index is 12.1. The molecule has 0 unspecified atom stereocenters. The standard InChI is InChI=1S/C12H12N2O9S/c15-11(16)10-5-8(6-13(10)12(17)18)23-24(21,22)9-3-1-7(2-4-9)14(19)20/h1-4,8,10H,5-6H2,(H,15,16)(H,17,18)/t8-,10-/m0/s1. The zero-order valence-electron chi connectivity index (χ0n) is 11.9. The summed E-state index contributed by atoms with van der Waals surface area (Å²) in [5.41, 5.74) is -0.308. The number of amides is 1. The number of nitro benzene ring substituents is 1. The first-order valence-corrected chi connectivity index (χ1v) is 7.93. The molecule has 0 saturated carbocycles. The molecule has 1 aromatic rings. The summed E-state index contributed by atoms with van der Waals surface area (Å²) < 4.78 is 29.1. The molecule has 1 aromatic carbocycles. The average molecular weight is 360 g/mol. The molecule has 0 aromatic heterocycles. The molecule has 130 valence electrons. The monoisotopic (exact) mass is 360 g/mol. The van der Waals surface area contributed by atoms with Crippen LogP contribution in [-0.4, -0.2) is 59.2 Å². The molecular weight excluding hydrogens is 348 g/mol. The summed E-state index contributed by atoms with van der Waals surface area (Å²) in [6.45, 7) is -0.418. The van der Waals surface area contributed by atoms with Crippen LogP contribution < -0.4 is 0 Å². The summed E-state index contributed by atoms with van der Waals surface area (Å²) in [5, 5.41) is 28.5. The molecule has 0 bridgehead atoms. The van der Waals surface area contributed by atoms with Gasteiger partial charge in [-0.15, -0.1) is 0 Å². The summed E-state index contributed by atoms with van der Waals surface area (Å²) in [4.78, 5) is 32.1. The van der Waals surface area contributed by atoms with Crippen LogP contribution in [0.25, 0.3) is 0 Å². The van der Waals surface area contributed by atoms with Crippen molar-refractivity contribution in [3.63, 3.8) is 0 Å². The number of benzene rings is 1. The highest BCUT2D eigenvalue weighted by molar-refractivity contribution is 7.86. The van der Waals surface area contributed by atoms with Crippen LogP contribution in [0.4, 0.5) is 10.5 Å². The van der Waals surface area contributed by atoms with Gasteiger partial charge < -0.3 is 10.2 Å². The van der Waals surface area contributed by atoms with Gasteiger partial charge in [0.05, 0.1) is 22.5 Å². The van der Waals surface area contributed by atoms with Gasteiger partial charge in [0, 0.05) is 18.6 Å². The van der Waals surface area contributed by atoms with E-state index in [-0.39, 0.29) is 17.0 Å². The Morgan fingerprint density at radius 2 is 1.83 bits per heavy atom. The van der Waals surface area contributed by atoms with Gasteiger partial charge in [0.25, 0.3) is 15.8 Å². The Hall–Kier alpha value is -2.73. The van der Waals surface area contributed by atoms with Gasteiger partial charge in [0.15, 0.2) is 0 Å². The van der Waals surface area contributed by atoms with Crippen molar-refractivity contribution in [1.29, 1.82) is 0 Å². The van der Waals surface area contributed by atoms with E-state index >= 15 is 0 Å². The number of hydrogen-bond donors (Lipinski definition) is 2. The van der Waals surface area contributed by atoms with Gasteiger partial charge in [-0.1, -0.05) is 0 Å². The third-order valence-corrected chi connectivity index (χ3v) is 4.77. The highest BCUT2D eigenvalue weighted by atomic mass is 32.2. The first-order valence-electron chi connectivity index (χ1n) is 6.52. The first-order chi connectivity index (χ1) is 11.1. The molecule has 1 aliphatic rings. The normalized spacial score (nSPS) is 20.8. The van der Waals surface area contributed by atoms with Gasteiger partial charge >= 0.3 is 12.1 Å². The van der Waals surface area contributed by atoms with Crippen molar-refractivity contribution in [2.75, 3.05) is 6.54 Å². The second-order valence-electron chi connectivity index (χ2n) is 4.95. The maximum Gasteiger partial charge on any atom is 0.408 e. The molecule has 0 radical (unpaired) electrons. The summed E-state index contributed by atoms with van der Waals surface area (Å²) in [7, 11) is -4.32. The minimum absolute atomic E-state index is 0.308. The average Bonchev–Trinajstić information content (AvgIpc) is 2.91. The Morgan fingerprint density at radius 3 is 2.25 bits per heavy atom. The summed E-state index contributed by atoms with van der Waals surface area (Å²) >= 11 is 0. The lowest BCUT2D eigenvalue weighted by atomic mass is 10.2. The third-order valence-electron chi connectivity index (χ3n) is 3.39. The lowest BCUT2D eigenvalue weighted by molar-refractivity contribution is -0.384. The molecule has 0 aliphatic carbocycles. The smallest absolute Gasteiger partial charge is 0.408 e. The van der Waals surface area contributed by atoms with Crippen LogP contribution in [0, 0.1) is 10.1 Å². The lowest BCUT2D eigenvalue weighted by Crippen LogP contribution is -2.39. The van der Waals surface area contributed by atoms with E-state index in [1.807, 2.05) is 0 Å². The van der Waals surface area contributed by atoms with Crippen molar-refractivity contribution in [1.82, 2.24) is 4.90 Å².